The minimum Gasteiger partial charge on any atom is -0.748 e. The van der Waals surface area contributed by atoms with Crippen LogP contribution in [0.5, 0.6) is 0 Å². The Balaban J connectivity index is 4.03. The molecule has 1 N–H and O–H groups in total. The maximum atomic E-state index is 11.5. The highest BCUT2D eigenvalue weighted by Gasteiger charge is 2.17. The van der Waals surface area contributed by atoms with Crippen LogP contribution < -0.4 is 5.32 Å². The lowest BCUT2D eigenvalue weighted by atomic mass is 9.98. The van der Waals surface area contributed by atoms with Gasteiger partial charge >= 0.3 is 0 Å². The summed E-state index contributed by atoms with van der Waals surface area (Å²) in [7, 11) is -4.26. The van der Waals surface area contributed by atoms with Crippen molar-refractivity contribution < 1.29 is 17.8 Å². The fourth-order valence-corrected chi connectivity index (χ4v) is 1.94. The molecular formula is C9H18NO4S2-. The van der Waals surface area contributed by atoms with E-state index in [1.165, 1.54) is 0 Å². The lowest BCUT2D eigenvalue weighted by Gasteiger charge is -2.16. The first kappa shape index (κ1) is 15.7. The van der Waals surface area contributed by atoms with Gasteiger partial charge in [-0.3, -0.25) is 4.79 Å². The molecule has 0 heterocycles. The van der Waals surface area contributed by atoms with Crippen molar-refractivity contribution in [3.63, 3.8) is 0 Å². The maximum absolute atomic E-state index is 11.5. The van der Waals surface area contributed by atoms with Crippen molar-refractivity contribution in [1.29, 1.82) is 0 Å². The van der Waals surface area contributed by atoms with E-state index in [0.717, 1.165) is 0 Å². The zero-order valence-corrected chi connectivity index (χ0v) is 11.2. The summed E-state index contributed by atoms with van der Waals surface area (Å²) in [5.74, 6) is -0.274. The van der Waals surface area contributed by atoms with Gasteiger partial charge in [0.1, 0.15) is 0 Å². The van der Waals surface area contributed by atoms with E-state index in [1.807, 2.05) is 13.8 Å². The van der Waals surface area contributed by atoms with Gasteiger partial charge in [-0.2, -0.15) is 12.6 Å². The third-order valence-electron chi connectivity index (χ3n) is 2.00. The molecule has 0 aromatic heterocycles. The van der Waals surface area contributed by atoms with Crippen LogP contribution in [0.1, 0.15) is 20.3 Å². The Labute approximate surface area is 102 Å². The smallest absolute Gasteiger partial charge is 0.223 e. The van der Waals surface area contributed by atoms with Crippen LogP contribution in [0.25, 0.3) is 0 Å². The molecule has 0 aliphatic rings. The van der Waals surface area contributed by atoms with Crippen molar-refractivity contribution in [2.45, 2.75) is 20.3 Å². The van der Waals surface area contributed by atoms with Crippen LogP contribution in [0.4, 0.5) is 0 Å². The Morgan fingerprint density at radius 3 is 2.38 bits per heavy atom. The summed E-state index contributed by atoms with van der Waals surface area (Å²) in [4.78, 5) is 11.5. The lowest BCUT2D eigenvalue weighted by Crippen LogP contribution is -2.35. The van der Waals surface area contributed by atoms with Gasteiger partial charge in [0.05, 0.1) is 15.9 Å². The molecule has 0 aromatic carbocycles. The summed E-state index contributed by atoms with van der Waals surface area (Å²) < 4.78 is 30.9. The Kier molecular flexibility index (Phi) is 7.01. The largest absolute Gasteiger partial charge is 0.748 e. The van der Waals surface area contributed by atoms with Crippen molar-refractivity contribution in [2.75, 3.05) is 18.1 Å². The van der Waals surface area contributed by atoms with Crippen LogP contribution in [0.2, 0.25) is 0 Å². The van der Waals surface area contributed by atoms with Crippen molar-refractivity contribution in [1.82, 2.24) is 5.32 Å². The van der Waals surface area contributed by atoms with Crippen molar-refractivity contribution in [2.24, 2.45) is 11.8 Å². The third-order valence-corrected chi connectivity index (χ3v) is 3.14. The summed E-state index contributed by atoms with van der Waals surface area (Å²) in [6, 6.07) is 0. The number of amides is 1. The average Bonchev–Trinajstić information content (AvgIpc) is 2.11. The topological polar surface area (TPSA) is 86.3 Å². The molecule has 1 atom stereocenters. The molecular weight excluding hydrogens is 250 g/mol. The monoisotopic (exact) mass is 268 g/mol. The predicted molar refractivity (Wildman–Crippen MR) is 64.4 cm³/mol. The molecule has 0 rings (SSSR count). The SMILES string of the molecule is CC(C)CC(CS)C(=O)NCCS(=O)(=O)[O-]. The lowest BCUT2D eigenvalue weighted by molar-refractivity contribution is -0.124. The van der Waals surface area contributed by atoms with E-state index in [9.17, 15) is 17.8 Å². The molecule has 0 saturated heterocycles. The Bertz CT molecular complexity index is 313. The summed E-state index contributed by atoms with van der Waals surface area (Å²) in [6.45, 7) is 3.85. The highest BCUT2D eigenvalue weighted by Crippen LogP contribution is 2.13. The first-order valence-electron chi connectivity index (χ1n) is 5.08. The van der Waals surface area contributed by atoms with Gasteiger partial charge in [0, 0.05) is 18.2 Å². The number of hydrogen-bond donors (Lipinski definition) is 2. The highest BCUT2D eigenvalue weighted by atomic mass is 32.2. The van der Waals surface area contributed by atoms with Crippen molar-refractivity contribution >= 4 is 28.7 Å². The van der Waals surface area contributed by atoms with Crippen LogP contribution in [0.15, 0.2) is 0 Å². The molecule has 1 unspecified atom stereocenters. The number of carbonyl (C=O) groups excluding carboxylic acids is 1. The summed E-state index contributed by atoms with van der Waals surface area (Å²) >= 11 is 4.07. The van der Waals surface area contributed by atoms with Crippen molar-refractivity contribution in [3.05, 3.63) is 0 Å². The van der Waals surface area contributed by atoms with Crippen LogP contribution in [0, 0.1) is 11.8 Å². The standard InChI is InChI=1S/C9H19NO4S2/c1-7(2)5-8(6-15)9(11)10-3-4-16(12,13)14/h7-8,15H,3-6H2,1-2H3,(H,10,11)(H,12,13,14)/p-1. The summed E-state index contributed by atoms with van der Waals surface area (Å²) in [5, 5.41) is 2.43. The zero-order chi connectivity index (χ0) is 12.8. The third kappa shape index (κ3) is 7.95. The highest BCUT2D eigenvalue weighted by molar-refractivity contribution is 7.85. The number of carbonyl (C=O) groups is 1. The average molecular weight is 268 g/mol. The molecule has 0 aromatic rings. The molecule has 0 aliphatic heterocycles. The van der Waals surface area contributed by atoms with E-state index < -0.39 is 15.9 Å². The van der Waals surface area contributed by atoms with E-state index in [1.54, 1.807) is 0 Å². The van der Waals surface area contributed by atoms with Gasteiger partial charge in [0.2, 0.25) is 5.91 Å². The molecule has 16 heavy (non-hydrogen) atoms. The second kappa shape index (κ2) is 7.13. The number of hydrogen-bond acceptors (Lipinski definition) is 5. The molecule has 0 fully saturated rings. The summed E-state index contributed by atoms with van der Waals surface area (Å²) in [6.07, 6.45) is 0.694. The molecule has 96 valence electrons. The first-order chi connectivity index (χ1) is 7.26. The first-order valence-corrected chi connectivity index (χ1v) is 7.29. The van der Waals surface area contributed by atoms with E-state index >= 15 is 0 Å². The van der Waals surface area contributed by atoms with Gasteiger partial charge in [-0.1, -0.05) is 13.8 Å². The molecule has 5 nitrogen and oxygen atoms in total. The van der Waals surface area contributed by atoms with E-state index in [4.69, 9.17) is 0 Å². The number of thiol groups is 1. The van der Waals surface area contributed by atoms with Crippen LogP contribution in [-0.2, 0) is 14.9 Å². The Morgan fingerprint density at radius 2 is 2.00 bits per heavy atom. The molecule has 1 amide bonds. The fourth-order valence-electron chi connectivity index (χ4n) is 1.28. The van der Waals surface area contributed by atoms with Gasteiger partial charge < -0.3 is 9.87 Å². The Morgan fingerprint density at radius 1 is 1.44 bits per heavy atom. The second-order valence-electron chi connectivity index (χ2n) is 4.06. The molecule has 7 heteroatoms. The van der Waals surface area contributed by atoms with Gasteiger partial charge in [0.25, 0.3) is 0 Å². The van der Waals surface area contributed by atoms with E-state index in [2.05, 4.69) is 17.9 Å². The van der Waals surface area contributed by atoms with E-state index in [0.29, 0.717) is 18.1 Å². The van der Waals surface area contributed by atoms with Crippen LogP contribution >= 0.6 is 12.6 Å². The number of nitrogens with one attached hydrogen (secondary N) is 1. The molecule has 0 bridgehead atoms. The summed E-state index contributed by atoms with van der Waals surface area (Å²) in [5.41, 5.74) is 0. The quantitative estimate of drug-likeness (QED) is 0.511. The molecule has 0 radical (unpaired) electrons. The molecule has 0 saturated carbocycles. The van der Waals surface area contributed by atoms with Crippen LogP contribution in [-0.4, -0.2) is 36.9 Å². The Hall–Kier alpha value is -0.270. The minimum absolute atomic E-state index is 0.132. The predicted octanol–water partition coefficient (Wildman–Crippen LogP) is 0.240. The minimum atomic E-state index is -4.26. The zero-order valence-electron chi connectivity index (χ0n) is 9.47. The van der Waals surface area contributed by atoms with Gasteiger partial charge in [0.15, 0.2) is 0 Å². The van der Waals surface area contributed by atoms with Gasteiger partial charge in [-0.25, -0.2) is 8.42 Å². The molecule has 0 aliphatic carbocycles. The number of rotatable bonds is 7. The van der Waals surface area contributed by atoms with Gasteiger partial charge in [-0.05, 0) is 12.3 Å². The van der Waals surface area contributed by atoms with E-state index in [-0.39, 0.29) is 18.4 Å². The molecule has 0 spiro atoms. The van der Waals surface area contributed by atoms with Crippen LogP contribution in [0.3, 0.4) is 0 Å². The van der Waals surface area contributed by atoms with Crippen molar-refractivity contribution in [3.8, 4) is 0 Å². The normalized spacial score (nSPS) is 13.8. The van der Waals surface area contributed by atoms with Gasteiger partial charge in [-0.15, -0.1) is 0 Å². The maximum Gasteiger partial charge on any atom is 0.223 e. The second-order valence-corrected chi connectivity index (χ2v) is 5.95. The fraction of sp³-hybridized carbons (Fsp3) is 0.889.